The van der Waals surface area contributed by atoms with Crippen molar-refractivity contribution < 1.29 is 9.53 Å². The third-order valence-electron chi connectivity index (χ3n) is 2.99. The van der Waals surface area contributed by atoms with Crippen molar-refractivity contribution in [1.82, 2.24) is 4.90 Å². The fourth-order valence-electron chi connectivity index (χ4n) is 1.82. The van der Waals surface area contributed by atoms with Gasteiger partial charge in [0.05, 0.1) is 7.11 Å². The maximum absolute atomic E-state index is 11.1. The predicted octanol–water partition coefficient (Wildman–Crippen LogP) is 3.95. The first-order chi connectivity index (χ1) is 8.38. The molecule has 0 saturated heterocycles. The Morgan fingerprint density at radius 2 is 2.11 bits per heavy atom. The molecule has 1 aromatic rings. The molecule has 3 nitrogen and oxygen atoms in total. The fraction of sp³-hybridized carbons (Fsp3) is 0.462. The van der Waals surface area contributed by atoms with E-state index in [1.165, 1.54) is 0 Å². The summed E-state index contributed by atoms with van der Waals surface area (Å²) in [6.45, 7) is 4.54. The van der Waals surface area contributed by atoms with Crippen LogP contribution in [0.15, 0.2) is 6.07 Å². The van der Waals surface area contributed by atoms with E-state index in [1.54, 1.807) is 19.1 Å². The van der Waals surface area contributed by atoms with Crippen LogP contribution >= 0.6 is 27.5 Å². The van der Waals surface area contributed by atoms with Crippen LogP contribution in [-0.4, -0.2) is 30.4 Å². The van der Waals surface area contributed by atoms with Crippen LogP contribution in [0.2, 0.25) is 5.02 Å². The summed E-state index contributed by atoms with van der Waals surface area (Å²) in [5, 5.41) is 0.763. The summed E-state index contributed by atoms with van der Waals surface area (Å²) in [5.41, 5.74) is 3.07. The van der Waals surface area contributed by atoms with Gasteiger partial charge in [-0.3, -0.25) is 4.79 Å². The third-order valence-corrected chi connectivity index (χ3v) is 4.18. The van der Waals surface area contributed by atoms with Crippen LogP contribution < -0.4 is 4.74 Å². The van der Waals surface area contributed by atoms with Gasteiger partial charge in [0, 0.05) is 40.1 Å². The molecule has 0 bridgehead atoms. The van der Waals surface area contributed by atoms with Gasteiger partial charge in [0.25, 0.3) is 4.82 Å². The molecule has 0 fully saturated rings. The van der Waals surface area contributed by atoms with Crippen molar-refractivity contribution >= 4 is 32.3 Å². The van der Waals surface area contributed by atoms with Crippen LogP contribution in [-0.2, 0) is 6.42 Å². The molecule has 0 saturated carbocycles. The van der Waals surface area contributed by atoms with E-state index in [-0.39, 0.29) is 4.82 Å². The van der Waals surface area contributed by atoms with Crippen molar-refractivity contribution in [2.75, 3.05) is 20.7 Å². The van der Waals surface area contributed by atoms with Crippen LogP contribution in [0.5, 0.6) is 5.75 Å². The standard InChI is InChI=1S/C13H17BrClNO2/c1-8-7-11(18-4)10(9(2)12(8)15)5-6-16(3)13(14)17/h7H,5-6H2,1-4H3. The molecule has 0 unspecified atom stereocenters. The topological polar surface area (TPSA) is 29.5 Å². The molecular formula is C13H17BrClNO2. The van der Waals surface area contributed by atoms with Gasteiger partial charge in [0.15, 0.2) is 0 Å². The van der Waals surface area contributed by atoms with Gasteiger partial charge in [-0.25, -0.2) is 0 Å². The number of carbonyl (C=O) groups excluding carboxylic acids is 1. The van der Waals surface area contributed by atoms with Crippen LogP contribution in [0.1, 0.15) is 16.7 Å². The maximum Gasteiger partial charge on any atom is 0.289 e. The van der Waals surface area contributed by atoms with Gasteiger partial charge in [0.2, 0.25) is 0 Å². The monoisotopic (exact) mass is 333 g/mol. The Hall–Kier alpha value is -0.740. The lowest BCUT2D eigenvalue weighted by Crippen LogP contribution is -2.23. The van der Waals surface area contributed by atoms with Crippen LogP contribution in [0.3, 0.4) is 0 Å². The SMILES string of the molecule is COc1cc(C)c(Cl)c(C)c1CCN(C)C(=O)Br. The maximum atomic E-state index is 11.1. The number of nitrogens with zero attached hydrogens (tertiary/aromatic N) is 1. The minimum absolute atomic E-state index is 0.127. The molecule has 0 aliphatic heterocycles. The highest BCUT2D eigenvalue weighted by Crippen LogP contribution is 2.31. The third kappa shape index (κ3) is 3.39. The number of carbonyl (C=O) groups is 1. The van der Waals surface area contributed by atoms with Crippen LogP contribution in [0, 0.1) is 13.8 Å². The molecule has 1 aromatic carbocycles. The Labute approximate surface area is 121 Å². The summed E-state index contributed by atoms with van der Waals surface area (Å²) in [5.74, 6) is 0.824. The first-order valence-electron chi connectivity index (χ1n) is 5.61. The fourth-order valence-corrected chi connectivity index (χ4v) is 2.17. The molecule has 0 aliphatic rings. The highest BCUT2D eigenvalue weighted by molar-refractivity contribution is 9.18. The number of halogens is 2. The molecule has 0 atom stereocenters. The van der Waals surface area contributed by atoms with Crippen molar-refractivity contribution in [3.05, 3.63) is 27.8 Å². The highest BCUT2D eigenvalue weighted by Gasteiger charge is 2.14. The number of rotatable bonds is 4. The van der Waals surface area contributed by atoms with Crippen molar-refractivity contribution in [1.29, 1.82) is 0 Å². The molecule has 100 valence electrons. The number of likely N-dealkylation sites (N-methyl/N-ethyl adjacent to an activating group) is 1. The van der Waals surface area contributed by atoms with E-state index < -0.39 is 0 Å². The number of amides is 1. The second-order valence-corrected chi connectivity index (χ2v) is 5.29. The smallest absolute Gasteiger partial charge is 0.289 e. The number of benzene rings is 1. The van der Waals surface area contributed by atoms with E-state index in [4.69, 9.17) is 16.3 Å². The van der Waals surface area contributed by atoms with E-state index in [9.17, 15) is 4.79 Å². The minimum atomic E-state index is -0.127. The predicted molar refractivity (Wildman–Crippen MR) is 78.1 cm³/mol. The van der Waals surface area contributed by atoms with Gasteiger partial charge in [-0.05, 0) is 37.5 Å². The van der Waals surface area contributed by atoms with Gasteiger partial charge in [-0.2, -0.15) is 0 Å². The van der Waals surface area contributed by atoms with Crippen molar-refractivity contribution in [2.45, 2.75) is 20.3 Å². The van der Waals surface area contributed by atoms with E-state index >= 15 is 0 Å². The molecule has 0 aliphatic carbocycles. The van der Waals surface area contributed by atoms with E-state index in [1.807, 2.05) is 19.9 Å². The summed E-state index contributed by atoms with van der Waals surface area (Å²) in [7, 11) is 3.39. The number of hydrogen-bond acceptors (Lipinski definition) is 2. The van der Waals surface area contributed by atoms with E-state index in [0.717, 1.165) is 27.5 Å². The summed E-state index contributed by atoms with van der Waals surface area (Å²) in [6.07, 6.45) is 0.711. The Morgan fingerprint density at radius 1 is 1.50 bits per heavy atom. The normalized spacial score (nSPS) is 10.3. The van der Waals surface area contributed by atoms with Gasteiger partial charge >= 0.3 is 0 Å². The van der Waals surface area contributed by atoms with Crippen molar-refractivity contribution in [3.8, 4) is 5.75 Å². The summed E-state index contributed by atoms with van der Waals surface area (Å²) < 4.78 is 5.38. The van der Waals surface area contributed by atoms with E-state index in [2.05, 4.69) is 15.9 Å². The minimum Gasteiger partial charge on any atom is -0.496 e. The van der Waals surface area contributed by atoms with Crippen molar-refractivity contribution in [3.63, 3.8) is 0 Å². The number of ether oxygens (including phenoxy) is 1. The van der Waals surface area contributed by atoms with Gasteiger partial charge in [-0.15, -0.1) is 0 Å². The van der Waals surface area contributed by atoms with Gasteiger partial charge in [0.1, 0.15) is 5.75 Å². The van der Waals surface area contributed by atoms with Crippen LogP contribution in [0.25, 0.3) is 0 Å². The average molecular weight is 335 g/mol. The van der Waals surface area contributed by atoms with Gasteiger partial charge in [-0.1, -0.05) is 11.6 Å². The van der Waals surface area contributed by atoms with Crippen molar-refractivity contribution in [2.24, 2.45) is 0 Å². The highest BCUT2D eigenvalue weighted by atomic mass is 79.9. The largest absolute Gasteiger partial charge is 0.496 e. The number of hydrogen-bond donors (Lipinski definition) is 0. The average Bonchev–Trinajstić information content (AvgIpc) is 2.33. The first-order valence-corrected chi connectivity index (χ1v) is 6.78. The zero-order chi connectivity index (χ0) is 13.9. The zero-order valence-corrected chi connectivity index (χ0v) is 13.4. The molecule has 1 amide bonds. The lowest BCUT2D eigenvalue weighted by Gasteiger charge is -2.18. The number of methoxy groups -OCH3 is 1. The molecule has 5 heteroatoms. The first kappa shape index (κ1) is 15.3. The molecule has 0 N–H and O–H groups in total. The molecule has 0 spiro atoms. The molecule has 0 radical (unpaired) electrons. The van der Waals surface area contributed by atoms with Gasteiger partial charge < -0.3 is 9.64 Å². The summed E-state index contributed by atoms with van der Waals surface area (Å²) in [4.78, 5) is 12.6. The summed E-state index contributed by atoms with van der Waals surface area (Å²) in [6, 6.07) is 1.93. The van der Waals surface area contributed by atoms with Crippen LogP contribution in [0.4, 0.5) is 4.79 Å². The van der Waals surface area contributed by atoms with E-state index in [0.29, 0.717) is 13.0 Å². The summed E-state index contributed by atoms with van der Waals surface area (Å²) >= 11 is 9.17. The Kier molecular flexibility index (Phi) is 5.47. The molecule has 18 heavy (non-hydrogen) atoms. The second-order valence-electron chi connectivity index (χ2n) is 4.24. The lowest BCUT2D eigenvalue weighted by molar-refractivity contribution is 0.235. The Morgan fingerprint density at radius 3 is 2.61 bits per heavy atom. The number of aryl methyl sites for hydroxylation is 1. The Bertz CT molecular complexity index is 463. The Balaban J connectivity index is 3.00. The zero-order valence-electron chi connectivity index (χ0n) is 11.0. The molecule has 0 heterocycles. The quantitative estimate of drug-likeness (QED) is 0.616. The second kappa shape index (κ2) is 6.43. The lowest BCUT2D eigenvalue weighted by atomic mass is 10.0. The molecular weight excluding hydrogens is 318 g/mol. The molecule has 0 aromatic heterocycles. The molecule has 1 rings (SSSR count).